The first kappa shape index (κ1) is 17.1. The largest absolute Gasteiger partial charge is 0.491 e. The van der Waals surface area contributed by atoms with Crippen molar-refractivity contribution < 1.29 is 13.9 Å². The minimum absolute atomic E-state index is 0.00109. The Balaban J connectivity index is 1.91. The van der Waals surface area contributed by atoms with Gasteiger partial charge in [-0.25, -0.2) is 0 Å². The Morgan fingerprint density at radius 3 is 2.62 bits per heavy atom. The van der Waals surface area contributed by atoms with Crippen molar-refractivity contribution in [3.05, 3.63) is 52.2 Å². The van der Waals surface area contributed by atoms with Crippen LogP contribution in [0.5, 0.6) is 5.75 Å². The van der Waals surface area contributed by atoms with Crippen LogP contribution in [0.1, 0.15) is 19.4 Å². The monoisotopic (exact) mass is 353 g/mol. The smallest absolute Gasteiger partial charge is 0.200 e. The fraction of sp³-hybridized carbons (Fsp3) is 0.381. The Kier molecular flexibility index (Phi) is 4.66. The van der Waals surface area contributed by atoms with Crippen LogP contribution in [0.4, 0.5) is 0 Å². The van der Waals surface area contributed by atoms with Crippen LogP contribution in [0.3, 0.4) is 0 Å². The van der Waals surface area contributed by atoms with Gasteiger partial charge in [0.1, 0.15) is 16.9 Å². The van der Waals surface area contributed by atoms with Crippen molar-refractivity contribution in [2.24, 2.45) is 0 Å². The average Bonchev–Trinajstić information content (AvgIpc) is 2.64. The summed E-state index contributed by atoms with van der Waals surface area (Å²) in [5, 5.41) is 1.21. The SMILES string of the molecule is CC(C)Oc1ccc2c(=O)c3ccccc3oc2c1CN1CCOCC1. The van der Waals surface area contributed by atoms with Crippen LogP contribution in [-0.4, -0.2) is 37.3 Å². The zero-order valence-corrected chi connectivity index (χ0v) is 15.2. The maximum absolute atomic E-state index is 12.9. The molecular formula is C21H23NO4. The number of para-hydroxylation sites is 1. The summed E-state index contributed by atoms with van der Waals surface area (Å²) in [7, 11) is 0. The molecule has 0 aliphatic carbocycles. The average molecular weight is 353 g/mol. The number of nitrogens with zero attached hydrogens (tertiary/aromatic N) is 1. The van der Waals surface area contributed by atoms with Crippen LogP contribution >= 0.6 is 0 Å². The first-order valence-electron chi connectivity index (χ1n) is 9.07. The van der Waals surface area contributed by atoms with Crippen LogP contribution in [0.25, 0.3) is 21.9 Å². The Bertz CT molecular complexity index is 986. The van der Waals surface area contributed by atoms with Crippen molar-refractivity contribution >= 4 is 21.9 Å². The molecule has 136 valence electrons. The van der Waals surface area contributed by atoms with Crippen molar-refractivity contribution in [2.45, 2.75) is 26.5 Å². The second-order valence-electron chi connectivity index (χ2n) is 6.90. The normalized spacial score (nSPS) is 15.8. The molecule has 26 heavy (non-hydrogen) atoms. The topological polar surface area (TPSA) is 51.9 Å². The number of hydrogen-bond donors (Lipinski definition) is 0. The van der Waals surface area contributed by atoms with Gasteiger partial charge < -0.3 is 13.9 Å². The van der Waals surface area contributed by atoms with Crippen molar-refractivity contribution in [1.82, 2.24) is 4.90 Å². The highest BCUT2D eigenvalue weighted by Gasteiger charge is 2.20. The summed E-state index contributed by atoms with van der Waals surface area (Å²) in [6.07, 6.45) is 0.0445. The molecule has 1 aliphatic rings. The van der Waals surface area contributed by atoms with Gasteiger partial charge in [0.15, 0.2) is 0 Å². The lowest BCUT2D eigenvalue weighted by Gasteiger charge is -2.27. The van der Waals surface area contributed by atoms with E-state index < -0.39 is 0 Å². The predicted molar refractivity (Wildman–Crippen MR) is 102 cm³/mol. The molecule has 0 amide bonds. The van der Waals surface area contributed by atoms with E-state index in [-0.39, 0.29) is 11.5 Å². The van der Waals surface area contributed by atoms with Gasteiger partial charge in [0.25, 0.3) is 0 Å². The highest BCUT2D eigenvalue weighted by molar-refractivity contribution is 5.92. The molecule has 1 aromatic heterocycles. The fourth-order valence-corrected chi connectivity index (χ4v) is 3.40. The summed E-state index contributed by atoms with van der Waals surface area (Å²) in [5.74, 6) is 0.775. The highest BCUT2D eigenvalue weighted by atomic mass is 16.5. The summed E-state index contributed by atoms with van der Waals surface area (Å²) in [6.45, 7) is 7.82. The Labute approximate surface area is 152 Å². The van der Waals surface area contributed by atoms with E-state index in [1.54, 1.807) is 6.07 Å². The predicted octanol–water partition coefficient (Wildman–Crippen LogP) is 3.57. The van der Waals surface area contributed by atoms with Crippen molar-refractivity contribution in [3.8, 4) is 5.75 Å². The van der Waals surface area contributed by atoms with Gasteiger partial charge >= 0.3 is 0 Å². The molecule has 0 saturated carbocycles. The van der Waals surface area contributed by atoms with Crippen LogP contribution in [0.15, 0.2) is 45.6 Å². The maximum atomic E-state index is 12.9. The summed E-state index contributed by atoms with van der Waals surface area (Å²) < 4.78 is 17.7. The molecule has 0 atom stereocenters. The molecule has 2 aromatic carbocycles. The van der Waals surface area contributed by atoms with Gasteiger partial charge in [0, 0.05) is 19.6 Å². The van der Waals surface area contributed by atoms with E-state index in [0.29, 0.717) is 28.5 Å². The van der Waals surface area contributed by atoms with Gasteiger partial charge in [0.05, 0.1) is 35.7 Å². The third-order valence-electron chi connectivity index (χ3n) is 4.65. The maximum Gasteiger partial charge on any atom is 0.200 e. The van der Waals surface area contributed by atoms with Crippen LogP contribution in [-0.2, 0) is 11.3 Å². The molecule has 5 nitrogen and oxygen atoms in total. The van der Waals surface area contributed by atoms with Crippen LogP contribution < -0.4 is 10.2 Å². The van der Waals surface area contributed by atoms with E-state index in [2.05, 4.69) is 4.90 Å². The van der Waals surface area contributed by atoms with Crippen LogP contribution in [0.2, 0.25) is 0 Å². The molecule has 1 saturated heterocycles. The molecule has 0 radical (unpaired) electrons. The number of benzene rings is 2. The third-order valence-corrected chi connectivity index (χ3v) is 4.65. The molecule has 5 heteroatoms. The number of rotatable bonds is 4. The lowest BCUT2D eigenvalue weighted by atomic mass is 10.1. The molecule has 0 unspecified atom stereocenters. The quantitative estimate of drug-likeness (QED) is 0.671. The van der Waals surface area contributed by atoms with Gasteiger partial charge in [-0.1, -0.05) is 12.1 Å². The fourth-order valence-electron chi connectivity index (χ4n) is 3.40. The molecule has 1 fully saturated rings. The zero-order chi connectivity index (χ0) is 18.1. The first-order valence-corrected chi connectivity index (χ1v) is 9.07. The second-order valence-corrected chi connectivity index (χ2v) is 6.90. The summed E-state index contributed by atoms with van der Waals surface area (Å²) in [5.41, 5.74) is 2.16. The highest BCUT2D eigenvalue weighted by Crippen LogP contribution is 2.31. The molecule has 1 aliphatic heterocycles. The Hall–Kier alpha value is -2.37. The molecule has 4 rings (SSSR count). The summed E-state index contributed by atoms with van der Waals surface area (Å²) >= 11 is 0. The lowest BCUT2D eigenvalue weighted by Crippen LogP contribution is -2.35. The van der Waals surface area contributed by atoms with Crippen molar-refractivity contribution in [1.29, 1.82) is 0 Å². The number of hydrogen-bond acceptors (Lipinski definition) is 5. The first-order chi connectivity index (χ1) is 12.6. The van der Waals surface area contributed by atoms with Gasteiger partial charge in [-0.3, -0.25) is 9.69 Å². The zero-order valence-electron chi connectivity index (χ0n) is 15.2. The van der Waals surface area contributed by atoms with E-state index in [1.165, 1.54) is 0 Å². The van der Waals surface area contributed by atoms with Gasteiger partial charge in [-0.2, -0.15) is 0 Å². The lowest BCUT2D eigenvalue weighted by molar-refractivity contribution is 0.0337. The molecule has 0 spiro atoms. The summed E-state index contributed by atoms with van der Waals surface area (Å²) in [6, 6.07) is 11.1. The van der Waals surface area contributed by atoms with Crippen molar-refractivity contribution in [3.63, 3.8) is 0 Å². The number of fused-ring (bicyclic) bond motifs is 2. The minimum Gasteiger partial charge on any atom is -0.491 e. The minimum atomic E-state index is 0.00109. The number of ether oxygens (including phenoxy) is 2. The van der Waals surface area contributed by atoms with Gasteiger partial charge in [-0.05, 0) is 38.1 Å². The van der Waals surface area contributed by atoms with E-state index >= 15 is 0 Å². The molecule has 0 N–H and O–H groups in total. The van der Waals surface area contributed by atoms with E-state index in [1.807, 2.05) is 44.2 Å². The third kappa shape index (κ3) is 3.20. The van der Waals surface area contributed by atoms with E-state index in [4.69, 9.17) is 13.9 Å². The molecular weight excluding hydrogens is 330 g/mol. The Morgan fingerprint density at radius 2 is 1.85 bits per heavy atom. The summed E-state index contributed by atoms with van der Waals surface area (Å²) in [4.78, 5) is 15.2. The van der Waals surface area contributed by atoms with Gasteiger partial charge in [0.2, 0.25) is 5.43 Å². The molecule has 3 aromatic rings. The van der Waals surface area contributed by atoms with E-state index in [0.717, 1.165) is 37.6 Å². The van der Waals surface area contributed by atoms with Crippen LogP contribution in [0, 0.1) is 0 Å². The Morgan fingerprint density at radius 1 is 1.08 bits per heavy atom. The van der Waals surface area contributed by atoms with Gasteiger partial charge in [-0.15, -0.1) is 0 Å². The second kappa shape index (κ2) is 7.09. The molecule has 2 heterocycles. The molecule has 0 bridgehead atoms. The van der Waals surface area contributed by atoms with E-state index in [9.17, 15) is 4.79 Å². The van der Waals surface area contributed by atoms with Crippen molar-refractivity contribution in [2.75, 3.05) is 26.3 Å². The standard InChI is InChI=1S/C21H23NO4/c1-14(2)25-19-8-7-16-20(23)15-5-3-4-6-18(15)26-21(16)17(19)13-22-9-11-24-12-10-22/h3-8,14H,9-13H2,1-2H3. The number of morpholine rings is 1.